The van der Waals surface area contributed by atoms with Crippen molar-refractivity contribution in [1.82, 2.24) is 10.3 Å². The highest BCUT2D eigenvalue weighted by atomic mass is 16.5. The summed E-state index contributed by atoms with van der Waals surface area (Å²) in [5.41, 5.74) is 3.86. The zero-order valence-corrected chi connectivity index (χ0v) is 12.1. The first-order valence-corrected chi connectivity index (χ1v) is 6.75. The van der Waals surface area contributed by atoms with E-state index in [0.29, 0.717) is 0 Å². The number of hydrogen-bond donors (Lipinski definition) is 1. The van der Waals surface area contributed by atoms with E-state index in [4.69, 9.17) is 4.74 Å². The molecule has 0 fully saturated rings. The Kier molecular flexibility index (Phi) is 4.56. The highest BCUT2D eigenvalue weighted by molar-refractivity contribution is 5.90. The number of esters is 1. The van der Waals surface area contributed by atoms with Gasteiger partial charge in [0, 0.05) is 29.7 Å². The summed E-state index contributed by atoms with van der Waals surface area (Å²) >= 11 is 0. The van der Waals surface area contributed by atoms with Gasteiger partial charge in [0.1, 0.15) is 0 Å². The fraction of sp³-hybridized carbons (Fsp3) is 0.375. The molecule has 2 rings (SSSR count). The van der Waals surface area contributed by atoms with Crippen LogP contribution in [0.4, 0.5) is 0 Å². The Morgan fingerprint density at radius 3 is 2.90 bits per heavy atom. The molecular weight excluding hydrogens is 252 g/mol. The largest absolute Gasteiger partial charge is 0.466 e. The van der Waals surface area contributed by atoms with Crippen LogP contribution < -0.4 is 5.32 Å². The van der Waals surface area contributed by atoms with E-state index in [1.807, 2.05) is 26.1 Å². The molecule has 0 spiro atoms. The lowest BCUT2D eigenvalue weighted by Gasteiger charge is -2.25. The minimum atomic E-state index is -0.255. The molecule has 1 N–H and O–H groups in total. The Labute approximate surface area is 119 Å². The van der Waals surface area contributed by atoms with Gasteiger partial charge in [0.05, 0.1) is 12.7 Å². The van der Waals surface area contributed by atoms with Crippen LogP contribution in [-0.2, 0) is 16.0 Å². The van der Waals surface area contributed by atoms with E-state index in [9.17, 15) is 4.79 Å². The van der Waals surface area contributed by atoms with Gasteiger partial charge in [0.2, 0.25) is 0 Å². The molecule has 2 heterocycles. The predicted octanol–water partition coefficient (Wildman–Crippen LogP) is 2.58. The van der Waals surface area contributed by atoms with Gasteiger partial charge < -0.3 is 10.1 Å². The summed E-state index contributed by atoms with van der Waals surface area (Å²) in [4.78, 5) is 16.1. The first-order valence-electron chi connectivity index (χ1n) is 6.75. The first-order chi connectivity index (χ1) is 9.61. The molecule has 1 aliphatic rings. The van der Waals surface area contributed by atoms with Gasteiger partial charge in [-0.25, -0.2) is 4.79 Å². The highest BCUT2D eigenvalue weighted by Crippen LogP contribution is 2.27. The van der Waals surface area contributed by atoms with Gasteiger partial charge >= 0.3 is 5.97 Å². The van der Waals surface area contributed by atoms with Crippen molar-refractivity contribution in [3.05, 3.63) is 53.1 Å². The van der Waals surface area contributed by atoms with Gasteiger partial charge in [0.15, 0.2) is 0 Å². The van der Waals surface area contributed by atoms with Gasteiger partial charge in [0.25, 0.3) is 0 Å². The molecule has 20 heavy (non-hydrogen) atoms. The number of aromatic nitrogens is 1. The lowest BCUT2D eigenvalue weighted by molar-refractivity contribution is -0.136. The van der Waals surface area contributed by atoms with E-state index in [-0.39, 0.29) is 11.9 Å². The number of nitrogens with zero attached hydrogens (tertiary/aromatic N) is 1. The molecule has 0 saturated heterocycles. The van der Waals surface area contributed by atoms with Crippen molar-refractivity contribution >= 4 is 5.97 Å². The Hall–Kier alpha value is -2.10. The Bertz CT molecular complexity index is 547. The summed E-state index contributed by atoms with van der Waals surface area (Å²) < 4.78 is 4.90. The number of methoxy groups -OCH3 is 1. The summed E-state index contributed by atoms with van der Waals surface area (Å²) in [5.74, 6) is -0.168. The van der Waals surface area contributed by atoms with Crippen molar-refractivity contribution < 1.29 is 9.53 Å². The van der Waals surface area contributed by atoms with E-state index >= 15 is 0 Å². The molecule has 4 heteroatoms. The van der Waals surface area contributed by atoms with Crippen molar-refractivity contribution in [2.24, 2.45) is 5.92 Å². The van der Waals surface area contributed by atoms with Crippen LogP contribution in [-0.4, -0.2) is 18.1 Å². The van der Waals surface area contributed by atoms with E-state index in [0.717, 1.165) is 29.8 Å². The van der Waals surface area contributed by atoms with Crippen LogP contribution in [0.3, 0.4) is 0 Å². The molecule has 0 aromatic carbocycles. The number of carbonyl (C=O) groups is 1. The maximum absolute atomic E-state index is 11.9. The monoisotopic (exact) mass is 272 g/mol. The number of carbonyl (C=O) groups excluding carboxylic acids is 1. The summed E-state index contributed by atoms with van der Waals surface area (Å²) in [6.07, 6.45) is 7.48. The van der Waals surface area contributed by atoms with E-state index in [1.54, 1.807) is 6.20 Å². The number of allylic oxidation sites excluding steroid dienone is 3. The molecule has 0 bridgehead atoms. The standard InChI is InChI=1S/C16H20N2O2/c1-11-9-14(7-6-13-5-4-8-17-10-13)15(12(2)18-11)16(19)20-3/h4-5,8-10,14,18H,6-7H2,1-3H3. The number of ether oxygens (including phenoxy) is 1. The molecule has 106 valence electrons. The van der Waals surface area contributed by atoms with E-state index in [2.05, 4.69) is 22.4 Å². The van der Waals surface area contributed by atoms with Crippen molar-refractivity contribution in [3.63, 3.8) is 0 Å². The zero-order chi connectivity index (χ0) is 14.5. The molecule has 0 radical (unpaired) electrons. The second-order valence-electron chi connectivity index (χ2n) is 5.01. The quantitative estimate of drug-likeness (QED) is 0.856. The van der Waals surface area contributed by atoms with Crippen molar-refractivity contribution in [1.29, 1.82) is 0 Å². The van der Waals surface area contributed by atoms with Gasteiger partial charge in [-0.1, -0.05) is 12.1 Å². The fourth-order valence-corrected chi connectivity index (χ4v) is 2.58. The number of nitrogens with one attached hydrogen (secondary N) is 1. The maximum Gasteiger partial charge on any atom is 0.336 e. The average molecular weight is 272 g/mol. The smallest absolute Gasteiger partial charge is 0.336 e. The third-order valence-electron chi connectivity index (χ3n) is 3.48. The third kappa shape index (κ3) is 3.26. The number of hydrogen-bond acceptors (Lipinski definition) is 4. The number of aryl methyl sites for hydroxylation is 1. The van der Waals surface area contributed by atoms with Crippen LogP contribution in [0.2, 0.25) is 0 Å². The third-order valence-corrected chi connectivity index (χ3v) is 3.48. The van der Waals surface area contributed by atoms with Crippen molar-refractivity contribution in [3.8, 4) is 0 Å². The maximum atomic E-state index is 11.9. The molecule has 1 aliphatic heterocycles. The fourth-order valence-electron chi connectivity index (χ4n) is 2.58. The predicted molar refractivity (Wildman–Crippen MR) is 77.7 cm³/mol. The molecule has 1 aromatic heterocycles. The van der Waals surface area contributed by atoms with Crippen LogP contribution in [0.5, 0.6) is 0 Å². The van der Waals surface area contributed by atoms with Gasteiger partial charge in [-0.15, -0.1) is 0 Å². The summed E-state index contributed by atoms with van der Waals surface area (Å²) in [6.45, 7) is 3.93. The molecular formula is C16H20N2O2. The van der Waals surface area contributed by atoms with Crippen LogP contribution in [0.25, 0.3) is 0 Å². The molecule has 1 aromatic rings. The minimum absolute atomic E-state index is 0.0870. The van der Waals surface area contributed by atoms with Crippen LogP contribution in [0.1, 0.15) is 25.8 Å². The molecule has 0 saturated carbocycles. The van der Waals surface area contributed by atoms with Crippen molar-refractivity contribution in [2.45, 2.75) is 26.7 Å². The summed E-state index contributed by atoms with van der Waals surface area (Å²) in [7, 11) is 1.42. The minimum Gasteiger partial charge on any atom is -0.466 e. The second-order valence-corrected chi connectivity index (χ2v) is 5.01. The lowest BCUT2D eigenvalue weighted by atomic mass is 9.88. The second kappa shape index (κ2) is 6.37. The molecule has 4 nitrogen and oxygen atoms in total. The number of rotatable bonds is 4. The van der Waals surface area contributed by atoms with Gasteiger partial charge in [-0.2, -0.15) is 0 Å². The summed E-state index contributed by atoms with van der Waals surface area (Å²) in [5, 5.41) is 3.20. The first kappa shape index (κ1) is 14.3. The van der Waals surface area contributed by atoms with Crippen LogP contribution >= 0.6 is 0 Å². The molecule has 0 aliphatic carbocycles. The molecule has 1 atom stereocenters. The van der Waals surface area contributed by atoms with Crippen LogP contribution in [0.15, 0.2) is 47.6 Å². The Morgan fingerprint density at radius 2 is 2.25 bits per heavy atom. The highest BCUT2D eigenvalue weighted by Gasteiger charge is 2.25. The number of dihydropyridines is 1. The van der Waals surface area contributed by atoms with Gasteiger partial charge in [-0.3, -0.25) is 4.98 Å². The zero-order valence-electron chi connectivity index (χ0n) is 12.1. The van der Waals surface area contributed by atoms with E-state index < -0.39 is 0 Å². The lowest BCUT2D eigenvalue weighted by Crippen LogP contribution is -2.26. The summed E-state index contributed by atoms with van der Waals surface area (Å²) in [6, 6.07) is 3.99. The molecule has 0 amide bonds. The Balaban J connectivity index is 2.14. The van der Waals surface area contributed by atoms with Crippen LogP contribution in [0, 0.1) is 5.92 Å². The van der Waals surface area contributed by atoms with Gasteiger partial charge in [-0.05, 0) is 38.3 Å². The SMILES string of the molecule is COC(=O)C1=C(C)NC(C)=CC1CCc1cccnc1. The van der Waals surface area contributed by atoms with Crippen molar-refractivity contribution in [2.75, 3.05) is 7.11 Å². The topological polar surface area (TPSA) is 51.2 Å². The number of pyridine rings is 1. The Morgan fingerprint density at radius 1 is 1.45 bits per heavy atom. The van der Waals surface area contributed by atoms with E-state index in [1.165, 1.54) is 12.7 Å². The normalized spacial score (nSPS) is 18.4. The average Bonchev–Trinajstić information content (AvgIpc) is 2.45. The molecule has 1 unspecified atom stereocenters.